The van der Waals surface area contributed by atoms with Crippen LogP contribution in [0.1, 0.15) is 17.5 Å². The van der Waals surface area contributed by atoms with Crippen LogP contribution < -0.4 is 9.64 Å². The maximum atomic E-state index is 13.0. The molecule has 0 saturated heterocycles. The predicted molar refractivity (Wildman–Crippen MR) is 140 cm³/mol. The van der Waals surface area contributed by atoms with Gasteiger partial charge in [0.1, 0.15) is 6.61 Å². The summed E-state index contributed by atoms with van der Waals surface area (Å²) in [6, 6.07) is 12.7. The van der Waals surface area contributed by atoms with Gasteiger partial charge in [-0.05, 0) is 36.1 Å². The summed E-state index contributed by atoms with van der Waals surface area (Å²) in [5.41, 5.74) is 3.56. The summed E-state index contributed by atoms with van der Waals surface area (Å²) in [4.78, 5) is 6.55. The molecule has 0 atom stereocenters. The fourth-order valence-electron chi connectivity index (χ4n) is 4.27. The number of fused-ring (bicyclic) bond motifs is 2. The zero-order valence-corrected chi connectivity index (χ0v) is 21.6. The molecule has 7 nitrogen and oxygen atoms in total. The number of halogens is 3. The molecule has 2 aromatic heterocycles. The van der Waals surface area contributed by atoms with E-state index in [4.69, 9.17) is 39.5 Å². The molecule has 3 heterocycles. The molecule has 1 aliphatic rings. The van der Waals surface area contributed by atoms with Gasteiger partial charge in [-0.15, -0.1) is 15.7 Å². The van der Waals surface area contributed by atoms with Crippen LogP contribution in [0.15, 0.2) is 54.9 Å². The van der Waals surface area contributed by atoms with Crippen LogP contribution in [-0.4, -0.2) is 41.6 Å². The number of alkyl halides is 1. The van der Waals surface area contributed by atoms with Crippen molar-refractivity contribution in [2.75, 3.05) is 23.9 Å². The highest BCUT2D eigenvalue weighted by Crippen LogP contribution is 2.45. The van der Waals surface area contributed by atoms with E-state index in [9.17, 15) is 8.42 Å². The molecule has 0 unspecified atom stereocenters. The Hall–Kier alpha value is -2.52. The van der Waals surface area contributed by atoms with Gasteiger partial charge in [-0.25, -0.2) is 13.4 Å². The third-order valence-corrected chi connectivity index (χ3v) is 8.13. The van der Waals surface area contributed by atoms with E-state index in [2.05, 4.69) is 15.0 Å². The smallest absolute Gasteiger partial charge is 0.259 e. The lowest BCUT2D eigenvalue weighted by molar-refractivity contribution is 0.343. The Kier molecular flexibility index (Phi) is 6.81. The van der Waals surface area contributed by atoms with Crippen LogP contribution in [0.25, 0.3) is 11.0 Å². The fraction of sp³-hybridized carbons (Fsp3) is 0.250. The van der Waals surface area contributed by atoms with Crippen LogP contribution in [0.3, 0.4) is 0 Å². The standard InChI is InChI=1S/C24H21Cl3N4O3S/c25-8-10-34-23-20(26)12-21-19(22(23)27)7-4-9-30(21)18-11-17-13-29-31(24(17)28-14-18)35(32,33)15-16-5-2-1-3-6-16/h1-3,5-6,11-14H,4,7-10,15H2. The van der Waals surface area contributed by atoms with Gasteiger partial charge in [0.25, 0.3) is 10.0 Å². The quantitative estimate of drug-likeness (QED) is 0.270. The molecule has 0 saturated carbocycles. The Morgan fingerprint density at radius 3 is 2.66 bits per heavy atom. The van der Waals surface area contributed by atoms with Crippen molar-refractivity contribution in [3.8, 4) is 5.75 Å². The number of aromatic nitrogens is 3. The number of nitrogens with zero attached hydrogens (tertiary/aromatic N) is 4. The van der Waals surface area contributed by atoms with E-state index >= 15 is 0 Å². The first-order chi connectivity index (χ1) is 16.9. The SMILES string of the molecule is O=S(=O)(Cc1ccccc1)n1ncc2cc(N3CCCc4c3cc(Cl)c(OCCCl)c4Cl)cnc21. The van der Waals surface area contributed by atoms with E-state index in [0.29, 0.717) is 39.2 Å². The van der Waals surface area contributed by atoms with Crippen molar-refractivity contribution < 1.29 is 13.2 Å². The van der Waals surface area contributed by atoms with Crippen molar-refractivity contribution in [3.05, 3.63) is 76.0 Å². The second-order valence-electron chi connectivity index (χ2n) is 8.13. The zero-order valence-electron chi connectivity index (χ0n) is 18.5. The molecule has 0 spiro atoms. The second kappa shape index (κ2) is 9.85. The van der Waals surface area contributed by atoms with Gasteiger partial charge in [0.2, 0.25) is 0 Å². The van der Waals surface area contributed by atoms with E-state index in [1.54, 1.807) is 30.5 Å². The minimum atomic E-state index is -3.74. The van der Waals surface area contributed by atoms with Crippen molar-refractivity contribution in [2.45, 2.75) is 18.6 Å². The average molecular weight is 552 g/mol. The highest BCUT2D eigenvalue weighted by molar-refractivity contribution is 7.89. The summed E-state index contributed by atoms with van der Waals surface area (Å²) < 4.78 is 32.7. The first kappa shape index (κ1) is 24.2. The van der Waals surface area contributed by atoms with Crippen molar-refractivity contribution in [1.29, 1.82) is 0 Å². The average Bonchev–Trinajstić information content (AvgIpc) is 3.28. The molecule has 11 heteroatoms. The molecule has 0 radical (unpaired) electrons. The van der Waals surface area contributed by atoms with E-state index in [-0.39, 0.29) is 11.4 Å². The van der Waals surface area contributed by atoms with E-state index in [1.807, 2.05) is 18.2 Å². The summed E-state index contributed by atoms with van der Waals surface area (Å²) in [6.07, 6.45) is 4.81. The monoisotopic (exact) mass is 550 g/mol. The first-order valence-corrected chi connectivity index (χ1v) is 13.9. The molecule has 0 bridgehead atoms. The van der Waals surface area contributed by atoms with Gasteiger partial charge in [0.15, 0.2) is 11.4 Å². The summed E-state index contributed by atoms with van der Waals surface area (Å²) in [7, 11) is -3.74. The molecule has 0 N–H and O–H groups in total. The number of pyridine rings is 1. The normalized spacial score (nSPS) is 13.7. The molecule has 0 aliphatic carbocycles. The third-order valence-electron chi connectivity index (χ3n) is 5.81. The molecule has 35 heavy (non-hydrogen) atoms. The fourth-order valence-corrected chi connectivity index (χ4v) is 6.33. The lowest BCUT2D eigenvalue weighted by Gasteiger charge is -2.32. The Labute approximate surface area is 218 Å². The number of benzene rings is 2. The van der Waals surface area contributed by atoms with Crippen LogP contribution in [0.2, 0.25) is 10.0 Å². The van der Waals surface area contributed by atoms with E-state index in [1.165, 1.54) is 6.20 Å². The van der Waals surface area contributed by atoms with Gasteiger partial charge in [0, 0.05) is 17.6 Å². The Balaban J connectivity index is 1.50. The van der Waals surface area contributed by atoms with Crippen LogP contribution in [0, 0.1) is 0 Å². The van der Waals surface area contributed by atoms with Gasteiger partial charge in [-0.1, -0.05) is 53.5 Å². The van der Waals surface area contributed by atoms with Gasteiger partial charge in [-0.2, -0.15) is 5.10 Å². The van der Waals surface area contributed by atoms with Gasteiger partial charge in [0.05, 0.1) is 39.8 Å². The van der Waals surface area contributed by atoms with Gasteiger partial charge in [-0.3, -0.25) is 0 Å². The molecule has 0 fully saturated rings. The molecule has 2 aromatic carbocycles. The number of anilines is 2. The number of ether oxygens (including phenoxy) is 1. The first-order valence-electron chi connectivity index (χ1n) is 11.0. The lowest BCUT2D eigenvalue weighted by atomic mass is 10.0. The highest BCUT2D eigenvalue weighted by Gasteiger charge is 2.26. The van der Waals surface area contributed by atoms with Crippen molar-refractivity contribution in [2.24, 2.45) is 0 Å². The molecule has 0 amide bonds. The molecule has 4 aromatic rings. The zero-order chi connectivity index (χ0) is 24.6. The highest BCUT2D eigenvalue weighted by atomic mass is 35.5. The number of hydrogen-bond acceptors (Lipinski definition) is 6. The molecule has 1 aliphatic heterocycles. The van der Waals surface area contributed by atoms with E-state index < -0.39 is 10.0 Å². The minimum absolute atomic E-state index is 0.168. The van der Waals surface area contributed by atoms with Crippen molar-refractivity contribution in [1.82, 2.24) is 14.2 Å². The summed E-state index contributed by atoms with van der Waals surface area (Å²) in [5.74, 6) is 0.600. The number of hydrogen-bond donors (Lipinski definition) is 0. The van der Waals surface area contributed by atoms with Crippen LogP contribution in [0.4, 0.5) is 11.4 Å². The van der Waals surface area contributed by atoms with Crippen molar-refractivity contribution >= 4 is 67.2 Å². The largest absolute Gasteiger partial charge is 0.489 e. The molecular weight excluding hydrogens is 531 g/mol. The van der Waals surface area contributed by atoms with Gasteiger partial charge < -0.3 is 9.64 Å². The number of rotatable bonds is 7. The summed E-state index contributed by atoms with van der Waals surface area (Å²) in [6.45, 7) is 1.04. The van der Waals surface area contributed by atoms with Crippen LogP contribution in [-0.2, 0) is 22.2 Å². The lowest BCUT2D eigenvalue weighted by Crippen LogP contribution is -2.25. The van der Waals surface area contributed by atoms with Crippen molar-refractivity contribution in [3.63, 3.8) is 0 Å². The van der Waals surface area contributed by atoms with E-state index in [0.717, 1.165) is 40.4 Å². The third kappa shape index (κ3) is 4.68. The molecule has 5 rings (SSSR count). The van der Waals surface area contributed by atoms with Crippen LogP contribution in [0.5, 0.6) is 5.75 Å². The second-order valence-corrected chi connectivity index (χ2v) is 11.1. The Bertz CT molecular complexity index is 1490. The maximum absolute atomic E-state index is 13.0. The summed E-state index contributed by atoms with van der Waals surface area (Å²) in [5, 5.41) is 5.64. The Morgan fingerprint density at radius 2 is 1.89 bits per heavy atom. The Morgan fingerprint density at radius 1 is 1.09 bits per heavy atom. The topological polar surface area (TPSA) is 77.3 Å². The minimum Gasteiger partial charge on any atom is -0.489 e. The predicted octanol–water partition coefficient (Wildman–Crippen LogP) is 5.82. The summed E-state index contributed by atoms with van der Waals surface area (Å²) >= 11 is 18.9. The van der Waals surface area contributed by atoms with Crippen LogP contribution >= 0.6 is 34.8 Å². The molecule has 182 valence electrons. The maximum Gasteiger partial charge on any atom is 0.259 e. The molecular formula is C24H21Cl3N4O3S. The van der Waals surface area contributed by atoms with Gasteiger partial charge >= 0.3 is 0 Å².